The minimum atomic E-state index is -0.950. The summed E-state index contributed by atoms with van der Waals surface area (Å²) in [6, 6.07) is 1.90. The zero-order chi connectivity index (χ0) is 24.4. The van der Waals surface area contributed by atoms with Crippen molar-refractivity contribution in [3.05, 3.63) is 34.4 Å². The first-order chi connectivity index (χ1) is 14.7. The highest BCUT2D eigenvalue weighted by Gasteiger charge is 2.29. The zero-order valence-corrected chi connectivity index (χ0v) is 21.4. The molecule has 0 N–H and O–H groups in total. The highest BCUT2D eigenvalue weighted by molar-refractivity contribution is 5.65. The summed E-state index contributed by atoms with van der Waals surface area (Å²) >= 11 is 0. The Morgan fingerprint density at radius 2 is 1.06 bits per heavy atom. The highest BCUT2D eigenvalue weighted by Crippen LogP contribution is 2.36. The molecule has 0 bridgehead atoms. The summed E-state index contributed by atoms with van der Waals surface area (Å²) in [6.45, 7) is 22.8. The van der Waals surface area contributed by atoms with Crippen molar-refractivity contribution in [1.82, 2.24) is 19.9 Å². The molecule has 2 aromatic heterocycles. The summed E-state index contributed by atoms with van der Waals surface area (Å²) in [6.07, 6.45) is -0.950. The van der Waals surface area contributed by atoms with Crippen molar-refractivity contribution in [3.8, 4) is 12.0 Å². The lowest BCUT2D eigenvalue weighted by atomic mass is 9.80. The second kappa shape index (κ2) is 9.92. The Morgan fingerprint density at radius 3 is 1.38 bits per heavy atom. The highest BCUT2D eigenvalue weighted by atomic mass is 16.7. The molecule has 0 aliphatic rings. The van der Waals surface area contributed by atoms with Crippen LogP contribution in [0.4, 0.5) is 4.79 Å². The van der Waals surface area contributed by atoms with Gasteiger partial charge in [-0.25, -0.2) is 4.79 Å². The molecule has 0 amide bonds. The molecule has 0 spiro atoms. The van der Waals surface area contributed by atoms with E-state index in [1.807, 2.05) is 33.8 Å². The first-order valence-electron chi connectivity index (χ1n) is 11.4. The largest absolute Gasteiger partial charge is 0.524 e. The third-order valence-corrected chi connectivity index (χ3v) is 5.07. The van der Waals surface area contributed by atoms with E-state index >= 15 is 0 Å². The van der Waals surface area contributed by atoms with Crippen molar-refractivity contribution < 1.29 is 14.3 Å². The van der Waals surface area contributed by atoms with Crippen molar-refractivity contribution in [2.45, 2.75) is 105 Å². The molecule has 2 rings (SSSR count). The summed E-state index contributed by atoms with van der Waals surface area (Å²) in [5.74, 6) is 0.624. The van der Waals surface area contributed by atoms with Gasteiger partial charge in [0.05, 0.1) is 22.8 Å². The first-order valence-corrected chi connectivity index (χ1v) is 11.4. The molecule has 0 aliphatic heterocycles. The van der Waals surface area contributed by atoms with Crippen LogP contribution in [0, 0.1) is 0 Å². The molecule has 0 aliphatic carbocycles. The van der Waals surface area contributed by atoms with Gasteiger partial charge in [-0.2, -0.15) is 19.9 Å². The van der Waals surface area contributed by atoms with Crippen LogP contribution in [0.5, 0.6) is 12.0 Å². The van der Waals surface area contributed by atoms with Gasteiger partial charge in [-0.15, -0.1) is 0 Å². The molecular formula is C25H38N4O3. The Bertz CT molecular complexity index is 905. The number of aromatic nitrogens is 4. The Hall–Kier alpha value is -2.57. The average Bonchev–Trinajstić information content (AvgIpc) is 2.65. The summed E-state index contributed by atoms with van der Waals surface area (Å²) in [5, 5.41) is 0. The molecule has 0 atom stereocenters. The van der Waals surface area contributed by atoms with E-state index in [1.165, 1.54) is 0 Å². The number of ether oxygens (including phenoxy) is 2. The third-order valence-electron chi connectivity index (χ3n) is 5.07. The van der Waals surface area contributed by atoms with Gasteiger partial charge < -0.3 is 9.47 Å². The van der Waals surface area contributed by atoms with Gasteiger partial charge in [0, 0.05) is 5.56 Å². The molecule has 0 fully saturated rings. The molecule has 0 saturated heterocycles. The summed E-state index contributed by atoms with van der Waals surface area (Å²) < 4.78 is 10.7. The molecular weight excluding hydrogens is 404 g/mol. The number of carbonyl (C=O) groups is 1. The van der Waals surface area contributed by atoms with Crippen LogP contribution < -0.4 is 9.47 Å². The molecule has 0 aromatic carbocycles. The van der Waals surface area contributed by atoms with Crippen LogP contribution in [0.2, 0.25) is 0 Å². The van der Waals surface area contributed by atoms with Crippen molar-refractivity contribution in [3.63, 3.8) is 0 Å². The second-order valence-electron chi connectivity index (χ2n) is 10.5. The van der Waals surface area contributed by atoms with Crippen molar-refractivity contribution in [2.24, 2.45) is 0 Å². The van der Waals surface area contributed by atoms with Gasteiger partial charge in [-0.05, 0) is 35.2 Å². The first kappa shape index (κ1) is 25.7. The van der Waals surface area contributed by atoms with E-state index in [4.69, 9.17) is 9.47 Å². The van der Waals surface area contributed by atoms with Gasteiger partial charge in [-0.3, -0.25) is 0 Å². The Morgan fingerprint density at radius 1 is 0.688 bits per heavy atom. The van der Waals surface area contributed by atoms with Crippen molar-refractivity contribution in [1.29, 1.82) is 0 Å². The van der Waals surface area contributed by atoms with E-state index in [1.54, 1.807) is 0 Å². The monoisotopic (exact) mass is 442 g/mol. The fraction of sp³-hybridized carbons (Fsp3) is 0.640. The topological polar surface area (TPSA) is 87.1 Å². The number of nitrogens with zero attached hydrogens (tertiary/aromatic N) is 4. The van der Waals surface area contributed by atoms with Crippen LogP contribution in [-0.4, -0.2) is 26.1 Å². The van der Waals surface area contributed by atoms with E-state index in [-0.39, 0.29) is 41.1 Å². The van der Waals surface area contributed by atoms with Crippen LogP contribution in [0.15, 0.2) is 6.07 Å². The molecule has 0 unspecified atom stereocenters. The van der Waals surface area contributed by atoms with E-state index in [9.17, 15) is 4.79 Å². The van der Waals surface area contributed by atoms with Gasteiger partial charge in [-0.1, -0.05) is 76.2 Å². The van der Waals surface area contributed by atoms with Crippen LogP contribution in [-0.2, 0) is 5.41 Å². The van der Waals surface area contributed by atoms with Crippen LogP contribution >= 0.6 is 0 Å². The molecule has 176 valence electrons. The predicted octanol–water partition coefficient (Wildman–Crippen LogP) is 6.64. The van der Waals surface area contributed by atoms with Crippen LogP contribution in [0.25, 0.3) is 0 Å². The molecule has 7 nitrogen and oxygen atoms in total. The standard InChI is InChI=1S/C25H38N4O3/c1-13(2)17-12-18(14(3)4)27-22(26-17)31-24(30)32-23-28-20(15(5)6)19(25(9,10)11)21(29-23)16(7)8/h12-16H,1-11H3. The molecule has 32 heavy (non-hydrogen) atoms. The van der Waals surface area contributed by atoms with Crippen molar-refractivity contribution >= 4 is 6.16 Å². The maximum atomic E-state index is 12.6. The number of hydrogen-bond acceptors (Lipinski definition) is 7. The number of carbonyl (C=O) groups excluding carboxylic acids is 1. The number of rotatable bonds is 6. The van der Waals surface area contributed by atoms with Crippen molar-refractivity contribution in [2.75, 3.05) is 0 Å². The predicted molar refractivity (Wildman–Crippen MR) is 126 cm³/mol. The lowest BCUT2D eigenvalue weighted by molar-refractivity contribution is 0.143. The SMILES string of the molecule is CC(C)c1cc(C(C)C)nc(OC(=O)Oc2nc(C(C)C)c(C(C)(C)C)c(C(C)C)n2)n1. The third kappa shape index (κ3) is 6.24. The van der Waals surface area contributed by atoms with E-state index < -0.39 is 6.16 Å². The molecule has 2 aromatic rings. The molecule has 0 saturated carbocycles. The Labute approximate surface area is 192 Å². The minimum Gasteiger partial charge on any atom is -0.358 e. The Kier molecular flexibility index (Phi) is 7.97. The fourth-order valence-corrected chi connectivity index (χ4v) is 3.39. The lowest BCUT2D eigenvalue weighted by Gasteiger charge is -2.28. The van der Waals surface area contributed by atoms with Crippen LogP contribution in [0.1, 0.15) is 128 Å². The van der Waals surface area contributed by atoms with E-state index in [0.717, 1.165) is 28.3 Å². The fourth-order valence-electron chi connectivity index (χ4n) is 3.39. The maximum Gasteiger partial charge on any atom is 0.524 e. The lowest BCUT2D eigenvalue weighted by Crippen LogP contribution is -2.24. The second-order valence-corrected chi connectivity index (χ2v) is 10.5. The van der Waals surface area contributed by atoms with Gasteiger partial charge in [0.25, 0.3) is 0 Å². The van der Waals surface area contributed by atoms with Crippen LogP contribution in [0.3, 0.4) is 0 Å². The molecule has 7 heteroatoms. The maximum absolute atomic E-state index is 12.6. The average molecular weight is 443 g/mol. The van der Waals surface area contributed by atoms with Gasteiger partial charge >= 0.3 is 18.2 Å². The summed E-state index contributed by atoms with van der Waals surface area (Å²) in [5.41, 5.74) is 4.32. The smallest absolute Gasteiger partial charge is 0.358 e. The van der Waals surface area contributed by atoms with Gasteiger partial charge in [0.1, 0.15) is 0 Å². The van der Waals surface area contributed by atoms with E-state index in [2.05, 4.69) is 68.4 Å². The number of hydrogen-bond donors (Lipinski definition) is 0. The Balaban J connectivity index is 2.40. The molecule has 0 radical (unpaired) electrons. The van der Waals surface area contributed by atoms with Gasteiger partial charge in [0.2, 0.25) is 0 Å². The summed E-state index contributed by atoms with van der Waals surface area (Å²) in [4.78, 5) is 30.5. The zero-order valence-electron chi connectivity index (χ0n) is 21.4. The molecule has 2 heterocycles. The minimum absolute atomic E-state index is 0.0144. The van der Waals surface area contributed by atoms with E-state index in [0.29, 0.717) is 0 Å². The quantitative estimate of drug-likeness (QED) is 0.464. The van der Waals surface area contributed by atoms with Gasteiger partial charge in [0.15, 0.2) is 0 Å². The summed E-state index contributed by atoms with van der Waals surface area (Å²) in [7, 11) is 0. The normalized spacial score (nSPS) is 12.2.